The second kappa shape index (κ2) is 6.12. The van der Waals surface area contributed by atoms with Gasteiger partial charge in [-0.3, -0.25) is 0 Å². The predicted octanol–water partition coefficient (Wildman–Crippen LogP) is 5.16. The molecule has 3 nitrogen and oxygen atoms in total. The minimum absolute atomic E-state index is 0.799. The van der Waals surface area contributed by atoms with E-state index in [1.54, 1.807) is 6.33 Å². The smallest absolute Gasteiger partial charge is 0.144 e. The van der Waals surface area contributed by atoms with Crippen LogP contribution in [0, 0.1) is 0 Å². The Labute approximate surface area is 151 Å². The van der Waals surface area contributed by atoms with Crippen LogP contribution in [0.5, 0.6) is 0 Å². The highest BCUT2D eigenvalue weighted by atomic mass is 15.1. The van der Waals surface area contributed by atoms with E-state index in [1.807, 2.05) is 6.20 Å². The van der Waals surface area contributed by atoms with Crippen molar-refractivity contribution in [3.8, 4) is 5.82 Å². The van der Waals surface area contributed by atoms with Crippen LogP contribution in [0.3, 0.4) is 0 Å². The third kappa shape index (κ3) is 2.54. The number of hydrogen-bond donors (Lipinski definition) is 0. The van der Waals surface area contributed by atoms with E-state index in [9.17, 15) is 0 Å². The second-order valence-electron chi connectivity index (χ2n) is 6.47. The first-order valence-corrected chi connectivity index (χ1v) is 8.71. The van der Waals surface area contributed by atoms with Crippen LogP contribution in [0.2, 0.25) is 0 Å². The second-order valence-corrected chi connectivity index (χ2v) is 6.47. The topological polar surface area (TPSA) is 30.7 Å². The van der Waals surface area contributed by atoms with Crippen molar-refractivity contribution in [3.05, 3.63) is 103 Å². The standard InChI is InChI=1S/C23H17N3/c1-2-7-20-13-17(9-10-18(20)5-1)14-21-15-24-16-25-23(21)26-12-11-19-6-3-4-8-22(19)26/h1-13,15-16H,14H2. The highest BCUT2D eigenvalue weighted by Gasteiger charge is 2.10. The van der Waals surface area contributed by atoms with Gasteiger partial charge in [0, 0.05) is 24.4 Å². The molecule has 0 saturated heterocycles. The molecule has 0 N–H and O–H groups in total. The van der Waals surface area contributed by atoms with Crippen LogP contribution >= 0.6 is 0 Å². The van der Waals surface area contributed by atoms with E-state index in [2.05, 4.69) is 93.5 Å². The molecule has 3 heteroatoms. The van der Waals surface area contributed by atoms with E-state index < -0.39 is 0 Å². The highest BCUT2D eigenvalue weighted by Crippen LogP contribution is 2.23. The van der Waals surface area contributed by atoms with Gasteiger partial charge in [-0.2, -0.15) is 0 Å². The molecule has 0 spiro atoms. The van der Waals surface area contributed by atoms with Gasteiger partial charge >= 0.3 is 0 Å². The lowest BCUT2D eigenvalue weighted by Crippen LogP contribution is -2.03. The summed E-state index contributed by atoms with van der Waals surface area (Å²) in [6.45, 7) is 0. The van der Waals surface area contributed by atoms with Crippen LogP contribution < -0.4 is 0 Å². The number of rotatable bonds is 3. The lowest BCUT2D eigenvalue weighted by molar-refractivity contribution is 0.960. The molecule has 2 heterocycles. The minimum Gasteiger partial charge on any atom is -0.301 e. The lowest BCUT2D eigenvalue weighted by atomic mass is 10.0. The molecule has 5 aromatic rings. The number of fused-ring (bicyclic) bond motifs is 2. The number of hydrogen-bond acceptors (Lipinski definition) is 2. The molecule has 0 radical (unpaired) electrons. The molecule has 124 valence electrons. The minimum atomic E-state index is 0.799. The first-order chi connectivity index (χ1) is 12.9. The number of nitrogens with zero attached hydrogens (tertiary/aromatic N) is 3. The van der Waals surface area contributed by atoms with Crippen molar-refractivity contribution in [2.24, 2.45) is 0 Å². The third-order valence-electron chi connectivity index (χ3n) is 4.80. The Bertz CT molecular complexity index is 1220. The zero-order valence-corrected chi connectivity index (χ0v) is 14.2. The normalized spacial score (nSPS) is 11.2. The SMILES string of the molecule is c1ccc2cc(Cc3cncnc3-n3ccc4ccccc43)ccc2c1. The summed E-state index contributed by atoms with van der Waals surface area (Å²) in [5.41, 5.74) is 3.53. The maximum absolute atomic E-state index is 4.58. The molecule has 0 unspecified atom stereocenters. The van der Waals surface area contributed by atoms with Crippen LogP contribution in [-0.2, 0) is 6.42 Å². The van der Waals surface area contributed by atoms with Crippen LogP contribution in [0.4, 0.5) is 0 Å². The molecule has 0 aliphatic heterocycles. The summed E-state index contributed by atoms with van der Waals surface area (Å²) >= 11 is 0. The Morgan fingerprint density at radius 3 is 2.50 bits per heavy atom. The average Bonchev–Trinajstić information content (AvgIpc) is 3.12. The van der Waals surface area contributed by atoms with Crippen LogP contribution in [0.25, 0.3) is 27.5 Å². The van der Waals surface area contributed by atoms with E-state index >= 15 is 0 Å². The summed E-state index contributed by atoms with van der Waals surface area (Å²) in [7, 11) is 0. The van der Waals surface area contributed by atoms with Gasteiger partial charge in [0.15, 0.2) is 0 Å². The van der Waals surface area contributed by atoms with Crippen molar-refractivity contribution in [1.29, 1.82) is 0 Å². The molecular formula is C23H17N3. The fourth-order valence-electron chi connectivity index (χ4n) is 3.53. The van der Waals surface area contributed by atoms with E-state index in [0.717, 1.165) is 23.3 Å². The van der Waals surface area contributed by atoms with Gasteiger partial charge in [0.1, 0.15) is 12.1 Å². The average molecular weight is 335 g/mol. The highest BCUT2D eigenvalue weighted by molar-refractivity contribution is 5.83. The Balaban J connectivity index is 1.59. The lowest BCUT2D eigenvalue weighted by Gasteiger charge is -2.11. The monoisotopic (exact) mass is 335 g/mol. The molecule has 0 amide bonds. The summed E-state index contributed by atoms with van der Waals surface area (Å²) in [5, 5.41) is 3.73. The summed E-state index contributed by atoms with van der Waals surface area (Å²) in [6.07, 6.45) is 6.42. The van der Waals surface area contributed by atoms with Crippen molar-refractivity contribution < 1.29 is 0 Å². The van der Waals surface area contributed by atoms with E-state index in [-0.39, 0.29) is 0 Å². The van der Waals surface area contributed by atoms with Gasteiger partial charge in [0.05, 0.1) is 5.52 Å². The van der Waals surface area contributed by atoms with Gasteiger partial charge in [-0.1, -0.05) is 60.7 Å². The largest absolute Gasteiger partial charge is 0.301 e. The first-order valence-electron chi connectivity index (χ1n) is 8.71. The summed E-state index contributed by atoms with van der Waals surface area (Å²) < 4.78 is 2.15. The van der Waals surface area contributed by atoms with Crippen molar-refractivity contribution in [1.82, 2.24) is 14.5 Å². The van der Waals surface area contributed by atoms with Crippen LogP contribution in [-0.4, -0.2) is 14.5 Å². The quantitative estimate of drug-likeness (QED) is 0.456. The van der Waals surface area contributed by atoms with Crippen molar-refractivity contribution in [3.63, 3.8) is 0 Å². The molecule has 0 aliphatic rings. The predicted molar refractivity (Wildman–Crippen MR) is 106 cm³/mol. The van der Waals surface area contributed by atoms with Crippen molar-refractivity contribution >= 4 is 21.7 Å². The molecule has 0 aliphatic carbocycles. The maximum atomic E-state index is 4.58. The number of benzene rings is 3. The van der Waals surface area contributed by atoms with Crippen molar-refractivity contribution in [2.45, 2.75) is 6.42 Å². The van der Waals surface area contributed by atoms with Gasteiger partial charge in [-0.25, -0.2) is 9.97 Å². The Morgan fingerprint density at radius 1 is 0.769 bits per heavy atom. The summed E-state index contributed by atoms with van der Waals surface area (Å²) in [6, 6.07) is 25.5. The molecule has 0 saturated carbocycles. The van der Waals surface area contributed by atoms with E-state index in [1.165, 1.54) is 21.7 Å². The summed E-state index contributed by atoms with van der Waals surface area (Å²) in [4.78, 5) is 8.85. The van der Waals surface area contributed by atoms with Gasteiger partial charge < -0.3 is 4.57 Å². The van der Waals surface area contributed by atoms with Crippen molar-refractivity contribution in [2.75, 3.05) is 0 Å². The Hall–Kier alpha value is -3.46. The molecule has 5 rings (SSSR count). The summed E-state index contributed by atoms with van der Waals surface area (Å²) in [5.74, 6) is 0.939. The Kier molecular flexibility index (Phi) is 3.49. The molecule has 2 aromatic heterocycles. The maximum Gasteiger partial charge on any atom is 0.144 e. The van der Waals surface area contributed by atoms with Gasteiger partial charge in [0.25, 0.3) is 0 Å². The zero-order valence-electron chi connectivity index (χ0n) is 14.2. The third-order valence-corrected chi connectivity index (χ3v) is 4.80. The fraction of sp³-hybridized carbons (Fsp3) is 0.0435. The number of aromatic nitrogens is 3. The van der Waals surface area contributed by atoms with Crippen LogP contribution in [0.1, 0.15) is 11.1 Å². The fourth-order valence-corrected chi connectivity index (χ4v) is 3.53. The zero-order chi connectivity index (χ0) is 17.3. The molecular weight excluding hydrogens is 318 g/mol. The van der Waals surface area contributed by atoms with Gasteiger partial charge in [0.2, 0.25) is 0 Å². The van der Waals surface area contributed by atoms with Gasteiger partial charge in [-0.05, 0) is 33.9 Å². The number of para-hydroxylation sites is 1. The van der Waals surface area contributed by atoms with E-state index in [0.29, 0.717) is 0 Å². The molecule has 0 bridgehead atoms. The molecule has 0 atom stereocenters. The van der Waals surface area contributed by atoms with E-state index in [4.69, 9.17) is 0 Å². The molecule has 26 heavy (non-hydrogen) atoms. The van der Waals surface area contributed by atoms with Gasteiger partial charge in [-0.15, -0.1) is 0 Å². The molecule has 3 aromatic carbocycles. The molecule has 0 fully saturated rings. The van der Waals surface area contributed by atoms with Crippen LogP contribution in [0.15, 0.2) is 91.5 Å². The Morgan fingerprint density at radius 2 is 1.58 bits per heavy atom. The first kappa shape index (κ1) is 14.8.